The molecule has 0 radical (unpaired) electrons. The lowest BCUT2D eigenvalue weighted by Gasteiger charge is -2.05. The fraction of sp³-hybridized carbons (Fsp3) is 0. The zero-order valence-electron chi connectivity index (χ0n) is 8.33. The first-order valence-electron chi connectivity index (χ1n) is 4.38. The van der Waals surface area contributed by atoms with Crippen molar-refractivity contribution in [1.82, 2.24) is 20.2 Å². The van der Waals surface area contributed by atoms with Gasteiger partial charge in [0.05, 0.1) is 5.02 Å². The lowest BCUT2D eigenvalue weighted by Crippen LogP contribution is -2.14. The second-order valence-corrected chi connectivity index (χ2v) is 4.21. The van der Waals surface area contributed by atoms with E-state index >= 15 is 0 Å². The topological polar surface area (TPSA) is 113 Å². The van der Waals surface area contributed by atoms with Crippen molar-refractivity contribution in [3.05, 3.63) is 29.2 Å². The molecule has 2 heterocycles. The van der Waals surface area contributed by atoms with E-state index in [1.54, 1.807) is 6.07 Å². The van der Waals surface area contributed by atoms with E-state index in [1.165, 1.54) is 24.3 Å². The van der Waals surface area contributed by atoms with E-state index in [2.05, 4.69) is 25.3 Å². The summed E-state index contributed by atoms with van der Waals surface area (Å²) >= 11 is 7.28. The van der Waals surface area contributed by atoms with Gasteiger partial charge in [-0.2, -0.15) is 5.10 Å². The molecule has 0 unspecified atom stereocenters. The van der Waals surface area contributed by atoms with Crippen molar-refractivity contribution < 1.29 is 5.21 Å². The number of aromatic amines is 1. The summed E-state index contributed by atoms with van der Waals surface area (Å²) in [5, 5.41) is 19.2. The molecular weight excluding hydrogens is 264 g/mol. The monoisotopic (exact) mass is 270 g/mol. The van der Waals surface area contributed by atoms with Crippen molar-refractivity contribution in [1.29, 1.82) is 0 Å². The molecular formula is C8H7ClN6OS. The molecule has 0 amide bonds. The Balaban J connectivity index is 2.36. The number of oxime groups is 1. The minimum Gasteiger partial charge on any atom is -0.409 e. The van der Waals surface area contributed by atoms with Gasteiger partial charge in [-0.05, 0) is 17.8 Å². The molecule has 0 saturated carbocycles. The van der Waals surface area contributed by atoms with Gasteiger partial charge in [0.1, 0.15) is 11.4 Å². The van der Waals surface area contributed by atoms with Crippen molar-refractivity contribution in [2.45, 2.75) is 10.2 Å². The van der Waals surface area contributed by atoms with Crippen LogP contribution in [0, 0.1) is 0 Å². The Labute approximate surface area is 105 Å². The zero-order chi connectivity index (χ0) is 12.3. The van der Waals surface area contributed by atoms with Gasteiger partial charge in [0.2, 0.25) is 0 Å². The number of nitrogens with one attached hydrogen (secondary N) is 1. The van der Waals surface area contributed by atoms with E-state index in [4.69, 9.17) is 22.5 Å². The molecule has 0 aliphatic carbocycles. The molecule has 2 aromatic rings. The van der Waals surface area contributed by atoms with Gasteiger partial charge in [-0.15, -0.1) is 0 Å². The quantitative estimate of drug-likeness (QED) is 0.333. The number of H-pyrrole nitrogens is 1. The minimum atomic E-state index is -0.0724. The fourth-order valence-corrected chi connectivity index (χ4v) is 2.10. The van der Waals surface area contributed by atoms with E-state index in [1.807, 2.05) is 0 Å². The van der Waals surface area contributed by atoms with Gasteiger partial charge in [0.25, 0.3) is 0 Å². The Morgan fingerprint density at radius 2 is 2.35 bits per heavy atom. The van der Waals surface area contributed by atoms with Crippen LogP contribution in [0.2, 0.25) is 5.02 Å². The fourth-order valence-electron chi connectivity index (χ4n) is 1.08. The first kappa shape index (κ1) is 11.7. The third-order valence-electron chi connectivity index (χ3n) is 1.83. The van der Waals surface area contributed by atoms with E-state index in [-0.39, 0.29) is 5.84 Å². The summed E-state index contributed by atoms with van der Waals surface area (Å²) in [5.74, 6) is -0.0724. The lowest BCUT2D eigenvalue weighted by molar-refractivity contribution is 0.318. The van der Waals surface area contributed by atoms with Crippen LogP contribution in [0.25, 0.3) is 0 Å². The number of halogens is 1. The third kappa shape index (κ3) is 2.48. The highest BCUT2D eigenvalue weighted by Crippen LogP contribution is 2.30. The molecule has 7 nitrogen and oxygen atoms in total. The van der Waals surface area contributed by atoms with Crippen molar-refractivity contribution in [2.75, 3.05) is 0 Å². The van der Waals surface area contributed by atoms with Crippen LogP contribution in [-0.2, 0) is 0 Å². The molecule has 0 saturated heterocycles. The number of rotatable bonds is 3. The van der Waals surface area contributed by atoms with E-state index in [0.717, 1.165) is 0 Å². The van der Waals surface area contributed by atoms with Crippen LogP contribution in [0.15, 0.2) is 33.9 Å². The van der Waals surface area contributed by atoms with Crippen LogP contribution in [0.4, 0.5) is 0 Å². The average molecular weight is 271 g/mol. The number of pyridine rings is 1. The second kappa shape index (κ2) is 5.02. The van der Waals surface area contributed by atoms with Crippen LogP contribution < -0.4 is 5.73 Å². The van der Waals surface area contributed by atoms with Crippen LogP contribution in [0.1, 0.15) is 5.56 Å². The van der Waals surface area contributed by atoms with Crippen LogP contribution in [0.5, 0.6) is 0 Å². The highest BCUT2D eigenvalue weighted by Gasteiger charge is 2.13. The second-order valence-electron chi connectivity index (χ2n) is 2.86. The summed E-state index contributed by atoms with van der Waals surface area (Å²) in [6, 6.07) is 1.56. The Hall–Kier alpha value is -1.80. The van der Waals surface area contributed by atoms with Crippen LogP contribution in [0.3, 0.4) is 0 Å². The molecule has 88 valence electrons. The Kier molecular flexibility index (Phi) is 3.45. The first-order chi connectivity index (χ1) is 8.22. The molecule has 0 atom stereocenters. The summed E-state index contributed by atoms with van der Waals surface area (Å²) in [5.41, 5.74) is 5.89. The largest absolute Gasteiger partial charge is 0.409 e. The zero-order valence-corrected chi connectivity index (χ0v) is 9.90. The Morgan fingerprint density at radius 1 is 1.53 bits per heavy atom. The minimum absolute atomic E-state index is 0.0724. The standard InChI is InChI=1S/C8H7ClN6OS/c9-5-4(6(10)15-16)1-2-11-7(5)17-8-12-3-13-14-8/h1-3,16H,(H2,10,15)(H,12,13,14). The SMILES string of the molecule is N/C(=N/O)c1ccnc(Sc2ncn[nH]2)c1Cl. The molecule has 9 heteroatoms. The molecule has 0 bridgehead atoms. The van der Waals surface area contributed by atoms with Crippen molar-refractivity contribution in [3.8, 4) is 0 Å². The van der Waals surface area contributed by atoms with Gasteiger partial charge < -0.3 is 10.9 Å². The molecule has 2 rings (SSSR count). The predicted octanol–water partition coefficient (Wildman–Crippen LogP) is 1.10. The predicted molar refractivity (Wildman–Crippen MR) is 62.3 cm³/mol. The summed E-state index contributed by atoms with van der Waals surface area (Å²) in [7, 11) is 0. The third-order valence-corrected chi connectivity index (χ3v) is 3.21. The molecule has 17 heavy (non-hydrogen) atoms. The van der Waals surface area contributed by atoms with E-state index in [9.17, 15) is 0 Å². The number of hydrogen-bond acceptors (Lipinski definition) is 6. The number of aromatic nitrogens is 4. The van der Waals surface area contributed by atoms with Gasteiger partial charge in [-0.1, -0.05) is 16.8 Å². The van der Waals surface area contributed by atoms with Gasteiger partial charge >= 0.3 is 0 Å². The molecule has 0 spiro atoms. The maximum Gasteiger partial charge on any atom is 0.189 e. The summed E-state index contributed by atoms with van der Waals surface area (Å²) in [6.45, 7) is 0. The number of nitrogens with two attached hydrogens (primary N) is 1. The normalized spacial score (nSPS) is 11.7. The molecule has 0 fully saturated rings. The maximum atomic E-state index is 8.61. The Morgan fingerprint density at radius 3 is 3.00 bits per heavy atom. The van der Waals surface area contributed by atoms with Crippen molar-refractivity contribution in [2.24, 2.45) is 10.9 Å². The average Bonchev–Trinajstić information content (AvgIpc) is 2.84. The number of hydrogen-bond donors (Lipinski definition) is 3. The maximum absolute atomic E-state index is 8.61. The summed E-state index contributed by atoms with van der Waals surface area (Å²) in [6.07, 6.45) is 2.89. The van der Waals surface area contributed by atoms with Gasteiger partial charge in [0, 0.05) is 11.8 Å². The van der Waals surface area contributed by atoms with E-state index in [0.29, 0.717) is 20.8 Å². The number of nitrogens with zero attached hydrogens (tertiary/aromatic N) is 4. The van der Waals surface area contributed by atoms with Crippen LogP contribution >= 0.6 is 23.4 Å². The van der Waals surface area contributed by atoms with Crippen molar-refractivity contribution >= 4 is 29.2 Å². The molecule has 0 aliphatic rings. The molecule has 4 N–H and O–H groups in total. The van der Waals surface area contributed by atoms with E-state index < -0.39 is 0 Å². The van der Waals surface area contributed by atoms with Crippen LogP contribution in [-0.4, -0.2) is 31.2 Å². The van der Waals surface area contributed by atoms with Gasteiger partial charge in [-0.25, -0.2) is 9.97 Å². The first-order valence-corrected chi connectivity index (χ1v) is 5.57. The molecule has 2 aromatic heterocycles. The Bertz CT molecular complexity index is 543. The van der Waals surface area contributed by atoms with Crippen molar-refractivity contribution in [3.63, 3.8) is 0 Å². The van der Waals surface area contributed by atoms with Gasteiger partial charge in [-0.3, -0.25) is 5.10 Å². The summed E-state index contributed by atoms with van der Waals surface area (Å²) < 4.78 is 0. The highest BCUT2D eigenvalue weighted by atomic mass is 35.5. The highest BCUT2D eigenvalue weighted by molar-refractivity contribution is 7.99. The van der Waals surface area contributed by atoms with Gasteiger partial charge in [0.15, 0.2) is 11.0 Å². The summed E-state index contributed by atoms with van der Waals surface area (Å²) in [4.78, 5) is 8.02. The number of amidine groups is 1. The smallest absolute Gasteiger partial charge is 0.189 e. The molecule has 0 aliphatic heterocycles. The molecule has 0 aromatic carbocycles. The lowest BCUT2D eigenvalue weighted by atomic mass is 10.2.